The van der Waals surface area contributed by atoms with Gasteiger partial charge >= 0.3 is 6.18 Å². The number of amides is 1. The van der Waals surface area contributed by atoms with Crippen LogP contribution in [0.1, 0.15) is 42.6 Å². The number of nitrogens with one attached hydrogen (secondary N) is 1. The molecule has 0 radical (unpaired) electrons. The summed E-state index contributed by atoms with van der Waals surface area (Å²) in [5.41, 5.74) is 1.18. The van der Waals surface area contributed by atoms with Crippen LogP contribution < -0.4 is 10.2 Å². The van der Waals surface area contributed by atoms with E-state index in [1.807, 2.05) is 11.0 Å². The minimum Gasteiger partial charge on any atom is -0.366 e. The number of alkyl halides is 3. The Bertz CT molecular complexity index is 1300. The first kappa shape index (κ1) is 23.3. The standard InChI is InChI=1S/C24H24F4N6O/c1-13(15-7-16(24(26,27)28)9-17(25)8-15)30-23-20-10-19(11-29-22(20)14(2)31-32-23)33-5-6-34-18(12-33)3-4-21(34)35/h7-11,13,18H,3-6,12H2,1-2H3,(H,30,32)/t13-,18?/m1/s1. The second kappa shape index (κ2) is 8.62. The number of halogens is 4. The van der Waals surface area contributed by atoms with Gasteiger partial charge in [-0.05, 0) is 50.1 Å². The van der Waals surface area contributed by atoms with Gasteiger partial charge in [-0.1, -0.05) is 0 Å². The smallest absolute Gasteiger partial charge is 0.366 e. The number of rotatable bonds is 4. The maximum atomic E-state index is 13.9. The lowest BCUT2D eigenvalue weighted by Crippen LogP contribution is -2.51. The fourth-order valence-electron chi connectivity index (χ4n) is 4.84. The summed E-state index contributed by atoms with van der Waals surface area (Å²) in [5, 5.41) is 12.1. The van der Waals surface area contributed by atoms with Crippen LogP contribution in [-0.4, -0.2) is 51.7 Å². The number of hydrogen-bond acceptors (Lipinski definition) is 6. The van der Waals surface area contributed by atoms with Crippen molar-refractivity contribution in [2.24, 2.45) is 0 Å². The van der Waals surface area contributed by atoms with E-state index < -0.39 is 23.6 Å². The second-order valence-corrected chi connectivity index (χ2v) is 9.09. The van der Waals surface area contributed by atoms with E-state index in [1.54, 1.807) is 20.0 Å². The molecule has 0 aliphatic carbocycles. The topological polar surface area (TPSA) is 74.2 Å². The van der Waals surface area contributed by atoms with E-state index in [0.717, 1.165) is 24.2 Å². The van der Waals surface area contributed by atoms with Gasteiger partial charge in [0.25, 0.3) is 0 Å². The van der Waals surface area contributed by atoms with Crippen LogP contribution in [0.15, 0.2) is 30.5 Å². The monoisotopic (exact) mass is 488 g/mol. The highest BCUT2D eigenvalue weighted by atomic mass is 19.4. The van der Waals surface area contributed by atoms with Gasteiger partial charge in [-0.15, -0.1) is 5.10 Å². The number of aromatic nitrogens is 3. The molecule has 2 aliphatic rings. The molecule has 0 spiro atoms. The number of anilines is 2. The lowest BCUT2D eigenvalue weighted by atomic mass is 10.0. The van der Waals surface area contributed by atoms with Crippen LogP contribution in [-0.2, 0) is 11.0 Å². The summed E-state index contributed by atoms with van der Waals surface area (Å²) in [6.45, 7) is 5.45. The van der Waals surface area contributed by atoms with E-state index in [0.29, 0.717) is 54.5 Å². The lowest BCUT2D eigenvalue weighted by molar-refractivity contribution is -0.137. The van der Waals surface area contributed by atoms with E-state index in [-0.39, 0.29) is 17.5 Å². The second-order valence-electron chi connectivity index (χ2n) is 9.09. The zero-order valence-electron chi connectivity index (χ0n) is 19.2. The predicted molar refractivity (Wildman–Crippen MR) is 122 cm³/mol. The van der Waals surface area contributed by atoms with Gasteiger partial charge in [0.1, 0.15) is 5.82 Å². The average Bonchev–Trinajstić information content (AvgIpc) is 3.19. The summed E-state index contributed by atoms with van der Waals surface area (Å²) in [6.07, 6.45) is -1.48. The van der Waals surface area contributed by atoms with Gasteiger partial charge in [0.05, 0.1) is 34.7 Å². The molecule has 1 aromatic carbocycles. The Kier molecular flexibility index (Phi) is 5.72. The van der Waals surface area contributed by atoms with Crippen LogP contribution in [0.2, 0.25) is 0 Å². The molecule has 0 bridgehead atoms. The van der Waals surface area contributed by atoms with E-state index >= 15 is 0 Å². The highest BCUT2D eigenvalue weighted by Gasteiger charge is 2.36. The predicted octanol–water partition coefficient (Wildman–Crippen LogP) is 4.48. The zero-order valence-corrected chi connectivity index (χ0v) is 19.2. The molecule has 1 amide bonds. The van der Waals surface area contributed by atoms with Gasteiger partial charge in [0.2, 0.25) is 5.91 Å². The summed E-state index contributed by atoms with van der Waals surface area (Å²) in [4.78, 5) is 20.7. The Morgan fingerprint density at radius 3 is 2.71 bits per heavy atom. The molecule has 2 atom stereocenters. The Hall–Kier alpha value is -3.50. The Morgan fingerprint density at radius 1 is 1.14 bits per heavy atom. The van der Waals surface area contributed by atoms with Crippen molar-refractivity contribution in [1.82, 2.24) is 20.1 Å². The van der Waals surface area contributed by atoms with Crippen LogP contribution >= 0.6 is 0 Å². The molecule has 184 valence electrons. The Balaban J connectivity index is 1.45. The number of aryl methyl sites for hydroxylation is 1. The van der Waals surface area contributed by atoms with Crippen molar-refractivity contribution in [3.63, 3.8) is 0 Å². The minimum absolute atomic E-state index is 0.138. The average molecular weight is 488 g/mol. The zero-order chi connectivity index (χ0) is 24.9. The number of nitrogens with zero attached hydrogens (tertiary/aromatic N) is 5. The van der Waals surface area contributed by atoms with E-state index in [4.69, 9.17) is 0 Å². The number of hydrogen-bond donors (Lipinski definition) is 1. The number of carbonyl (C=O) groups excluding carboxylic acids is 1. The van der Waals surface area contributed by atoms with Crippen LogP contribution in [0.4, 0.5) is 29.1 Å². The van der Waals surface area contributed by atoms with Crippen LogP contribution in [0, 0.1) is 12.7 Å². The van der Waals surface area contributed by atoms with Crippen LogP contribution in [0.3, 0.4) is 0 Å². The first-order valence-corrected chi connectivity index (χ1v) is 11.4. The van der Waals surface area contributed by atoms with Crippen molar-refractivity contribution in [3.8, 4) is 0 Å². The molecule has 2 aliphatic heterocycles. The number of benzene rings is 1. The maximum absolute atomic E-state index is 13.9. The van der Waals surface area contributed by atoms with Crippen molar-refractivity contribution in [2.75, 3.05) is 29.9 Å². The van der Waals surface area contributed by atoms with Crippen molar-refractivity contribution in [2.45, 2.75) is 44.9 Å². The molecular weight excluding hydrogens is 464 g/mol. The van der Waals surface area contributed by atoms with Crippen molar-refractivity contribution < 1.29 is 22.4 Å². The molecule has 0 saturated carbocycles. The van der Waals surface area contributed by atoms with Crippen LogP contribution in [0.25, 0.3) is 10.9 Å². The molecule has 5 rings (SSSR count). The fraction of sp³-hybridized carbons (Fsp3) is 0.417. The summed E-state index contributed by atoms with van der Waals surface area (Å²) in [7, 11) is 0. The van der Waals surface area contributed by atoms with Gasteiger partial charge < -0.3 is 15.1 Å². The number of fused-ring (bicyclic) bond motifs is 2. The van der Waals surface area contributed by atoms with Crippen molar-refractivity contribution in [3.05, 3.63) is 53.1 Å². The third kappa shape index (κ3) is 4.46. The van der Waals surface area contributed by atoms with Gasteiger partial charge in [-0.3, -0.25) is 9.78 Å². The molecule has 35 heavy (non-hydrogen) atoms. The SMILES string of the molecule is Cc1nnc(N[C@H](C)c2cc(F)cc(C(F)(F)F)c2)c2cc(N3CCN4C(=O)CCC4C3)cnc12. The first-order valence-electron chi connectivity index (χ1n) is 11.4. The summed E-state index contributed by atoms with van der Waals surface area (Å²) >= 11 is 0. The number of piperazine rings is 1. The maximum Gasteiger partial charge on any atom is 0.416 e. The highest BCUT2D eigenvalue weighted by molar-refractivity contribution is 5.92. The fourth-order valence-corrected chi connectivity index (χ4v) is 4.84. The molecule has 3 aromatic rings. The van der Waals surface area contributed by atoms with Crippen LogP contribution in [0.5, 0.6) is 0 Å². The van der Waals surface area contributed by atoms with Crippen molar-refractivity contribution in [1.29, 1.82) is 0 Å². The third-order valence-electron chi connectivity index (χ3n) is 6.73. The molecule has 2 aromatic heterocycles. The van der Waals surface area contributed by atoms with Gasteiger partial charge in [-0.2, -0.15) is 18.3 Å². The molecule has 1 unspecified atom stereocenters. The number of carbonyl (C=O) groups is 1. The number of pyridine rings is 1. The first-order chi connectivity index (χ1) is 16.6. The summed E-state index contributed by atoms with van der Waals surface area (Å²) in [5.74, 6) is -0.416. The quantitative estimate of drug-likeness (QED) is 0.546. The molecule has 2 saturated heterocycles. The van der Waals surface area contributed by atoms with E-state index in [2.05, 4.69) is 25.4 Å². The Morgan fingerprint density at radius 2 is 1.94 bits per heavy atom. The Labute approximate surface area is 199 Å². The molecule has 1 N–H and O–H groups in total. The third-order valence-corrected chi connectivity index (χ3v) is 6.73. The molecular formula is C24H24F4N6O. The van der Waals surface area contributed by atoms with Gasteiger partial charge in [0, 0.05) is 37.5 Å². The van der Waals surface area contributed by atoms with E-state index in [1.165, 1.54) is 0 Å². The van der Waals surface area contributed by atoms with Gasteiger partial charge in [-0.25, -0.2) is 4.39 Å². The normalized spacial score (nSPS) is 19.3. The summed E-state index contributed by atoms with van der Waals surface area (Å²) in [6, 6.07) is 3.91. The lowest BCUT2D eigenvalue weighted by Gasteiger charge is -2.38. The molecule has 7 nitrogen and oxygen atoms in total. The minimum atomic E-state index is -4.65. The summed E-state index contributed by atoms with van der Waals surface area (Å²) < 4.78 is 53.5. The van der Waals surface area contributed by atoms with E-state index in [9.17, 15) is 22.4 Å². The molecule has 11 heteroatoms. The van der Waals surface area contributed by atoms with Gasteiger partial charge in [0.15, 0.2) is 5.82 Å². The highest BCUT2D eigenvalue weighted by Crippen LogP contribution is 2.34. The molecule has 4 heterocycles. The molecule has 2 fully saturated rings. The van der Waals surface area contributed by atoms with Crippen molar-refractivity contribution >= 4 is 28.3 Å². The largest absolute Gasteiger partial charge is 0.416 e.